The predicted octanol–water partition coefficient (Wildman–Crippen LogP) is 1.14. The zero-order chi connectivity index (χ0) is 12.7. The van der Waals surface area contributed by atoms with Crippen molar-refractivity contribution in [3.63, 3.8) is 0 Å². The summed E-state index contributed by atoms with van der Waals surface area (Å²) in [6.45, 7) is 1.96. The Bertz CT molecular complexity index is 533. The molecule has 0 aromatic heterocycles. The first-order valence-corrected chi connectivity index (χ1v) is 6.21. The number of nitrogen functional groups attached to an aromatic ring is 1. The number of rotatable bonds is 1. The Balaban J connectivity index is 2.03. The molecular formula is C13H15N3O2. The summed E-state index contributed by atoms with van der Waals surface area (Å²) in [5.41, 5.74) is 7.94. The van der Waals surface area contributed by atoms with Crippen molar-refractivity contribution in [1.29, 1.82) is 0 Å². The number of carbonyl (C=O) groups excluding carboxylic acids is 2. The number of amides is 2. The van der Waals surface area contributed by atoms with Crippen molar-refractivity contribution >= 4 is 23.2 Å². The van der Waals surface area contributed by atoms with Gasteiger partial charge in [0.15, 0.2) is 0 Å². The maximum atomic E-state index is 11.7. The number of hydrogen-bond donors (Lipinski definition) is 2. The van der Waals surface area contributed by atoms with Crippen LogP contribution in [0.4, 0.5) is 11.4 Å². The van der Waals surface area contributed by atoms with Crippen molar-refractivity contribution in [2.24, 2.45) is 0 Å². The van der Waals surface area contributed by atoms with Crippen molar-refractivity contribution in [2.75, 3.05) is 23.7 Å². The van der Waals surface area contributed by atoms with Gasteiger partial charge in [0.25, 0.3) is 11.8 Å². The maximum absolute atomic E-state index is 11.7. The molecule has 2 heterocycles. The lowest BCUT2D eigenvalue weighted by molar-refractivity contribution is 0.0880. The minimum absolute atomic E-state index is 0.320. The van der Waals surface area contributed by atoms with Crippen LogP contribution in [0.15, 0.2) is 12.1 Å². The Kier molecular flexibility index (Phi) is 2.47. The zero-order valence-electron chi connectivity index (χ0n) is 10.0. The maximum Gasteiger partial charge on any atom is 0.261 e. The van der Waals surface area contributed by atoms with Crippen molar-refractivity contribution in [1.82, 2.24) is 5.32 Å². The van der Waals surface area contributed by atoms with Crippen molar-refractivity contribution in [3.05, 3.63) is 23.3 Å². The van der Waals surface area contributed by atoms with E-state index in [1.54, 1.807) is 12.1 Å². The fourth-order valence-corrected chi connectivity index (χ4v) is 2.65. The quantitative estimate of drug-likeness (QED) is 0.574. The van der Waals surface area contributed by atoms with E-state index in [0.717, 1.165) is 31.6 Å². The average molecular weight is 245 g/mol. The van der Waals surface area contributed by atoms with Gasteiger partial charge in [-0.2, -0.15) is 0 Å². The van der Waals surface area contributed by atoms with E-state index in [4.69, 9.17) is 5.73 Å². The van der Waals surface area contributed by atoms with Crippen molar-refractivity contribution in [3.8, 4) is 0 Å². The highest BCUT2D eigenvalue weighted by Crippen LogP contribution is 2.30. The van der Waals surface area contributed by atoms with E-state index < -0.39 is 5.91 Å². The molecule has 1 aromatic carbocycles. The van der Waals surface area contributed by atoms with Gasteiger partial charge in [-0.05, 0) is 31.4 Å². The van der Waals surface area contributed by atoms with Gasteiger partial charge in [0.1, 0.15) is 0 Å². The predicted molar refractivity (Wildman–Crippen MR) is 68.7 cm³/mol. The van der Waals surface area contributed by atoms with Crippen LogP contribution in [0.3, 0.4) is 0 Å². The first-order valence-electron chi connectivity index (χ1n) is 6.21. The summed E-state index contributed by atoms with van der Waals surface area (Å²) in [6, 6.07) is 3.57. The van der Waals surface area contributed by atoms with Gasteiger partial charge in [0.05, 0.1) is 11.1 Å². The van der Waals surface area contributed by atoms with Crippen LogP contribution in [0.1, 0.15) is 40.0 Å². The normalized spacial score (nSPS) is 18.8. The second kappa shape index (κ2) is 4.01. The van der Waals surface area contributed by atoms with E-state index in [0.29, 0.717) is 16.8 Å². The Labute approximate surface area is 105 Å². The number of piperidine rings is 1. The molecule has 0 radical (unpaired) electrons. The van der Waals surface area contributed by atoms with Crippen LogP contribution in [-0.2, 0) is 0 Å². The molecule has 0 atom stereocenters. The lowest BCUT2D eigenvalue weighted by atomic mass is 10.0. The molecule has 1 fully saturated rings. The smallest absolute Gasteiger partial charge is 0.261 e. The Hall–Kier alpha value is -2.04. The number of imide groups is 1. The third-order valence-corrected chi connectivity index (χ3v) is 3.57. The van der Waals surface area contributed by atoms with Crippen LogP contribution < -0.4 is 16.0 Å². The highest BCUT2D eigenvalue weighted by atomic mass is 16.2. The summed E-state index contributed by atoms with van der Waals surface area (Å²) in [7, 11) is 0. The molecule has 94 valence electrons. The number of carbonyl (C=O) groups is 2. The third-order valence-electron chi connectivity index (χ3n) is 3.57. The molecule has 0 bridgehead atoms. The first kappa shape index (κ1) is 11.1. The molecule has 0 aliphatic carbocycles. The number of hydrogen-bond acceptors (Lipinski definition) is 4. The molecule has 2 aliphatic rings. The summed E-state index contributed by atoms with van der Waals surface area (Å²) in [4.78, 5) is 25.4. The van der Waals surface area contributed by atoms with E-state index in [1.807, 2.05) is 0 Å². The summed E-state index contributed by atoms with van der Waals surface area (Å²) >= 11 is 0. The SMILES string of the molecule is Nc1cc(N2CCCCC2)cc2c1C(=O)NC2=O. The van der Waals surface area contributed by atoms with Gasteiger partial charge < -0.3 is 10.6 Å². The van der Waals surface area contributed by atoms with Crippen LogP contribution in [0.25, 0.3) is 0 Å². The van der Waals surface area contributed by atoms with Crippen LogP contribution in [0.5, 0.6) is 0 Å². The number of nitrogens with zero attached hydrogens (tertiary/aromatic N) is 1. The molecule has 0 unspecified atom stereocenters. The molecule has 0 spiro atoms. The lowest BCUT2D eigenvalue weighted by Gasteiger charge is -2.29. The number of fused-ring (bicyclic) bond motifs is 1. The second-order valence-corrected chi connectivity index (χ2v) is 4.79. The van der Waals surface area contributed by atoms with E-state index in [1.165, 1.54) is 6.42 Å². The molecule has 5 heteroatoms. The largest absolute Gasteiger partial charge is 0.398 e. The van der Waals surface area contributed by atoms with E-state index in [9.17, 15) is 9.59 Å². The van der Waals surface area contributed by atoms with Gasteiger partial charge in [-0.25, -0.2) is 0 Å². The Morgan fingerprint density at radius 3 is 2.50 bits per heavy atom. The van der Waals surface area contributed by atoms with Crippen molar-refractivity contribution in [2.45, 2.75) is 19.3 Å². The zero-order valence-corrected chi connectivity index (χ0v) is 10.0. The second-order valence-electron chi connectivity index (χ2n) is 4.79. The molecule has 3 N–H and O–H groups in total. The molecule has 2 aliphatic heterocycles. The molecule has 18 heavy (non-hydrogen) atoms. The molecule has 1 saturated heterocycles. The minimum atomic E-state index is -0.391. The minimum Gasteiger partial charge on any atom is -0.398 e. The highest BCUT2D eigenvalue weighted by molar-refractivity contribution is 6.24. The van der Waals surface area contributed by atoms with Crippen LogP contribution in [0.2, 0.25) is 0 Å². The molecular weight excluding hydrogens is 230 g/mol. The lowest BCUT2D eigenvalue weighted by Crippen LogP contribution is -2.29. The van der Waals surface area contributed by atoms with Gasteiger partial charge in [-0.3, -0.25) is 14.9 Å². The van der Waals surface area contributed by atoms with Crippen LogP contribution in [-0.4, -0.2) is 24.9 Å². The van der Waals surface area contributed by atoms with E-state index in [2.05, 4.69) is 10.2 Å². The molecule has 5 nitrogen and oxygen atoms in total. The molecule has 2 amide bonds. The van der Waals surface area contributed by atoms with Crippen LogP contribution in [0, 0.1) is 0 Å². The number of benzene rings is 1. The van der Waals surface area contributed by atoms with Gasteiger partial charge in [0, 0.05) is 24.5 Å². The van der Waals surface area contributed by atoms with Gasteiger partial charge >= 0.3 is 0 Å². The number of nitrogens with two attached hydrogens (primary N) is 1. The average Bonchev–Trinajstić information content (AvgIpc) is 2.66. The standard InChI is InChI=1S/C13H15N3O2/c14-10-7-8(16-4-2-1-3-5-16)6-9-11(10)13(18)15-12(9)17/h6-7H,1-5,14H2,(H,15,17,18). The summed E-state index contributed by atoms with van der Waals surface area (Å²) in [5.74, 6) is -0.738. The summed E-state index contributed by atoms with van der Waals surface area (Å²) in [6.07, 6.45) is 3.56. The first-order chi connectivity index (χ1) is 8.66. The number of nitrogens with one attached hydrogen (secondary N) is 1. The summed E-state index contributed by atoms with van der Waals surface area (Å²) < 4.78 is 0. The van der Waals surface area contributed by atoms with Crippen LogP contribution >= 0.6 is 0 Å². The van der Waals surface area contributed by atoms with Gasteiger partial charge in [-0.15, -0.1) is 0 Å². The molecule has 3 rings (SSSR count). The fourth-order valence-electron chi connectivity index (χ4n) is 2.65. The van der Waals surface area contributed by atoms with E-state index >= 15 is 0 Å². The van der Waals surface area contributed by atoms with Crippen molar-refractivity contribution < 1.29 is 9.59 Å². The highest BCUT2D eigenvalue weighted by Gasteiger charge is 2.30. The molecule has 0 saturated carbocycles. The van der Waals surface area contributed by atoms with Gasteiger partial charge in [0.2, 0.25) is 0 Å². The third kappa shape index (κ3) is 1.63. The topological polar surface area (TPSA) is 75.4 Å². The Morgan fingerprint density at radius 1 is 1.06 bits per heavy atom. The Morgan fingerprint density at radius 2 is 1.78 bits per heavy atom. The summed E-state index contributed by atoms with van der Waals surface area (Å²) in [5, 5.41) is 2.28. The fraction of sp³-hybridized carbons (Fsp3) is 0.385. The molecule has 1 aromatic rings. The van der Waals surface area contributed by atoms with Gasteiger partial charge in [-0.1, -0.05) is 0 Å². The van der Waals surface area contributed by atoms with E-state index in [-0.39, 0.29) is 5.91 Å². The monoisotopic (exact) mass is 245 g/mol. The number of anilines is 2.